The summed E-state index contributed by atoms with van der Waals surface area (Å²) >= 11 is 0. The molecule has 1 N–H and O–H groups in total. The molecule has 0 unspecified atom stereocenters. The van der Waals surface area contributed by atoms with E-state index in [1.807, 2.05) is 12.1 Å². The molecule has 1 saturated heterocycles. The van der Waals surface area contributed by atoms with Crippen LogP contribution < -0.4 is 10.2 Å². The Kier molecular flexibility index (Phi) is 5.93. The topological polar surface area (TPSA) is 35.6 Å². The maximum absolute atomic E-state index is 12.8. The number of carbonyl (C=O) groups is 1. The van der Waals surface area contributed by atoms with Crippen LogP contribution >= 0.6 is 0 Å². The lowest BCUT2D eigenvalue weighted by atomic mass is 10.1. The van der Waals surface area contributed by atoms with Crippen molar-refractivity contribution in [2.75, 3.05) is 36.4 Å². The number of nitrogens with zero attached hydrogens (tertiary/aromatic N) is 2. The number of halogens is 3. The summed E-state index contributed by atoms with van der Waals surface area (Å²) in [6.45, 7) is 6.88. The Balaban J connectivity index is 1.59. The maximum atomic E-state index is 12.8. The van der Waals surface area contributed by atoms with Crippen LogP contribution in [0.25, 0.3) is 0 Å². The molecule has 0 aliphatic carbocycles. The van der Waals surface area contributed by atoms with Gasteiger partial charge >= 0.3 is 6.18 Å². The maximum Gasteiger partial charge on any atom is 0.416 e. The smallest absolute Gasteiger partial charge is 0.369 e. The van der Waals surface area contributed by atoms with Crippen molar-refractivity contribution in [2.45, 2.75) is 26.1 Å². The molecule has 150 valence electrons. The Bertz CT molecular complexity index is 830. The predicted octanol–water partition coefficient (Wildman–Crippen LogP) is 4.16. The first kappa shape index (κ1) is 20.2. The quantitative estimate of drug-likeness (QED) is 0.850. The highest BCUT2D eigenvalue weighted by molar-refractivity contribution is 5.94. The predicted molar refractivity (Wildman–Crippen MR) is 105 cm³/mol. The molecule has 0 radical (unpaired) electrons. The molecule has 1 amide bonds. The summed E-state index contributed by atoms with van der Waals surface area (Å²) in [5.74, 6) is -0.302. The van der Waals surface area contributed by atoms with Crippen LogP contribution in [0.1, 0.15) is 18.1 Å². The average Bonchev–Trinajstić information content (AvgIpc) is 2.67. The standard InChI is InChI=1S/C21H24F3N3O/c1-15-6-3-4-9-19(15)27-12-10-26(11-13-27)16(2)20(28)25-18-8-5-7-17(14-18)21(22,23)24/h3-9,14,16H,10-13H2,1-2H3,(H,25,28)/t16-/m0/s1. The van der Waals surface area contributed by atoms with E-state index in [2.05, 4.69) is 34.2 Å². The zero-order valence-electron chi connectivity index (χ0n) is 16.0. The number of aryl methyl sites for hydroxylation is 1. The minimum absolute atomic E-state index is 0.158. The number of alkyl halides is 3. The SMILES string of the molecule is Cc1ccccc1N1CCN([C@@H](C)C(=O)Nc2cccc(C(F)(F)F)c2)CC1. The van der Waals surface area contributed by atoms with Gasteiger partial charge in [0.15, 0.2) is 0 Å². The van der Waals surface area contributed by atoms with Gasteiger partial charge in [-0.05, 0) is 43.7 Å². The number of anilines is 2. The van der Waals surface area contributed by atoms with Gasteiger partial charge in [0.1, 0.15) is 0 Å². The van der Waals surface area contributed by atoms with E-state index in [1.165, 1.54) is 23.4 Å². The van der Waals surface area contributed by atoms with Crippen LogP contribution in [0.2, 0.25) is 0 Å². The summed E-state index contributed by atoms with van der Waals surface area (Å²) < 4.78 is 38.5. The second-order valence-corrected chi connectivity index (χ2v) is 7.05. The normalized spacial score (nSPS) is 16.7. The first-order valence-electron chi connectivity index (χ1n) is 9.28. The molecule has 1 atom stereocenters. The molecule has 0 saturated carbocycles. The Morgan fingerprint density at radius 1 is 1.04 bits per heavy atom. The van der Waals surface area contributed by atoms with E-state index in [-0.39, 0.29) is 11.6 Å². The Morgan fingerprint density at radius 2 is 1.71 bits per heavy atom. The number of amides is 1. The molecule has 0 spiro atoms. The Labute approximate surface area is 162 Å². The van der Waals surface area contributed by atoms with Crippen LogP contribution in [-0.2, 0) is 11.0 Å². The molecule has 1 aliphatic heterocycles. The number of nitrogens with one attached hydrogen (secondary N) is 1. The second-order valence-electron chi connectivity index (χ2n) is 7.05. The third-order valence-electron chi connectivity index (χ3n) is 5.16. The van der Waals surface area contributed by atoms with E-state index < -0.39 is 17.8 Å². The van der Waals surface area contributed by atoms with E-state index in [1.54, 1.807) is 6.92 Å². The molecule has 1 fully saturated rings. The number of carbonyl (C=O) groups excluding carboxylic acids is 1. The molecule has 4 nitrogen and oxygen atoms in total. The first-order valence-corrected chi connectivity index (χ1v) is 9.28. The van der Waals surface area contributed by atoms with Crippen molar-refractivity contribution in [1.82, 2.24) is 4.90 Å². The molecule has 1 aliphatic rings. The van der Waals surface area contributed by atoms with Crippen LogP contribution in [0.15, 0.2) is 48.5 Å². The highest BCUT2D eigenvalue weighted by Gasteiger charge is 2.31. The molecular formula is C21H24F3N3O. The van der Waals surface area contributed by atoms with Crippen LogP contribution in [-0.4, -0.2) is 43.0 Å². The molecular weight excluding hydrogens is 367 g/mol. The van der Waals surface area contributed by atoms with E-state index in [9.17, 15) is 18.0 Å². The summed E-state index contributed by atoms with van der Waals surface area (Å²) in [5, 5.41) is 2.61. The summed E-state index contributed by atoms with van der Waals surface area (Å²) in [4.78, 5) is 16.9. The third kappa shape index (κ3) is 4.65. The van der Waals surface area contributed by atoms with Crippen LogP contribution in [0, 0.1) is 6.92 Å². The summed E-state index contributed by atoms with van der Waals surface area (Å²) in [6.07, 6.45) is -4.43. The van der Waals surface area contributed by atoms with Crippen molar-refractivity contribution in [2.24, 2.45) is 0 Å². The van der Waals surface area contributed by atoms with Gasteiger partial charge in [-0.3, -0.25) is 9.69 Å². The van der Waals surface area contributed by atoms with Crippen molar-refractivity contribution in [3.05, 3.63) is 59.7 Å². The zero-order valence-corrected chi connectivity index (χ0v) is 16.0. The number of benzene rings is 2. The van der Waals surface area contributed by atoms with Crippen LogP contribution in [0.4, 0.5) is 24.5 Å². The van der Waals surface area contributed by atoms with E-state index >= 15 is 0 Å². The second kappa shape index (κ2) is 8.22. The van der Waals surface area contributed by atoms with Crippen molar-refractivity contribution in [1.29, 1.82) is 0 Å². The molecule has 7 heteroatoms. The first-order chi connectivity index (χ1) is 13.3. The van der Waals surface area contributed by atoms with Gasteiger partial charge in [0.2, 0.25) is 5.91 Å². The van der Waals surface area contributed by atoms with E-state index in [0.717, 1.165) is 25.2 Å². The number of hydrogen-bond acceptors (Lipinski definition) is 3. The third-order valence-corrected chi connectivity index (χ3v) is 5.16. The Morgan fingerprint density at radius 3 is 2.36 bits per heavy atom. The molecule has 0 bridgehead atoms. The fourth-order valence-corrected chi connectivity index (χ4v) is 3.45. The van der Waals surface area contributed by atoms with Crippen molar-refractivity contribution < 1.29 is 18.0 Å². The van der Waals surface area contributed by atoms with Gasteiger partial charge in [0, 0.05) is 37.6 Å². The highest BCUT2D eigenvalue weighted by atomic mass is 19.4. The fourth-order valence-electron chi connectivity index (χ4n) is 3.45. The Hall–Kier alpha value is -2.54. The molecule has 1 heterocycles. The van der Waals surface area contributed by atoms with Crippen molar-refractivity contribution >= 4 is 17.3 Å². The molecule has 3 rings (SSSR count). The zero-order chi connectivity index (χ0) is 20.3. The van der Waals surface area contributed by atoms with E-state index in [4.69, 9.17) is 0 Å². The largest absolute Gasteiger partial charge is 0.416 e. The molecule has 2 aromatic rings. The average molecular weight is 391 g/mol. The van der Waals surface area contributed by atoms with Crippen molar-refractivity contribution in [3.63, 3.8) is 0 Å². The lowest BCUT2D eigenvalue weighted by Crippen LogP contribution is -2.53. The summed E-state index contributed by atoms with van der Waals surface area (Å²) in [5.41, 5.74) is 1.80. The van der Waals surface area contributed by atoms with Gasteiger partial charge < -0.3 is 10.2 Å². The minimum atomic E-state index is -4.43. The van der Waals surface area contributed by atoms with Gasteiger partial charge in [-0.2, -0.15) is 13.2 Å². The van der Waals surface area contributed by atoms with Gasteiger partial charge in [-0.15, -0.1) is 0 Å². The summed E-state index contributed by atoms with van der Waals surface area (Å²) in [6, 6.07) is 12.5. The van der Waals surface area contributed by atoms with Gasteiger partial charge in [-0.1, -0.05) is 24.3 Å². The highest BCUT2D eigenvalue weighted by Crippen LogP contribution is 2.30. The number of rotatable bonds is 4. The van der Waals surface area contributed by atoms with Crippen LogP contribution in [0.3, 0.4) is 0 Å². The lowest BCUT2D eigenvalue weighted by Gasteiger charge is -2.39. The van der Waals surface area contributed by atoms with Crippen molar-refractivity contribution in [3.8, 4) is 0 Å². The lowest BCUT2D eigenvalue weighted by molar-refractivity contribution is -0.137. The van der Waals surface area contributed by atoms with Gasteiger partial charge in [-0.25, -0.2) is 0 Å². The summed E-state index contributed by atoms with van der Waals surface area (Å²) in [7, 11) is 0. The minimum Gasteiger partial charge on any atom is -0.369 e. The number of piperazine rings is 1. The number of hydrogen-bond donors (Lipinski definition) is 1. The van der Waals surface area contributed by atoms with Gasteiger partial charge in [0.05, 0.1) is 11.6 Å². The molecule has 0 aromatic heterocycles. The monoisotopic (exact) mass is 391 g/mol. The molecule has 2 aromatic carbocycles. The van der Waals surface area contributed by atoms with Crippen LogP contribution in [0.5, 0.6) is 0 Å². The van der Waals surface area contributed by atoms with Gasteiger partial charge in [0.25, 0.3) is 0 Å². The fraction of sp³-hybridized carbons (Fsp3) is 0.381. The molecule has 28 heavy (non-hydrogen) atoms. The number of para-hydroxylation sites is 1. The van der Waals surface area contributed by atoms with E-state index in [0.29, 0.717) is 13.1 Å².